The molecular weight excluding hydrogens is 412 g/mol. The lowest BCUT2D eigenvalue weighted by molar-refractivity contribution is -0.143. The molecule has 2 amide bonds. The maximum Gasteiger partial charge on any atom is 0.296 e. The van der Waals surface area contributed by atoms with Gasteiger partial charge in [-0.1, -0.05) is 18.2 Å². The molecule has 32 heavy (non-hydrogen) atoms. The fraction of sp³-hybridized carbons (Fsp3) is 0.292. The van der Waals surface area contributed by atoms with Gasteiger partial charge >= 0.3 is 0 Å². The molecule has 166 valence electrons. The largest absolute Gasteiger partial charge is 0.507 e. The molecule has 1 unspecified atom stereocenters. The van der Waals surface area contributed by atoms with Crippen LogP contribution in [0, 0.1) is 0 Å². The molecular formula is C24H24N2O6. The molecule has 0 radical (unpaired) electrons. The van der Waals surface area contributed by atoms with Gasteiger partial charge in [-0.25, -0.2) is 0 Å². The van der Waals surface area contributed by atoms with E-state index in [0.29, 0.717) is 35.6 Å². The number of methoxy groups -OCH3 is 2. The summed E-state index contributed by atoms with van der Waals surface area (Å²) in [5.74, 6) is -2.02. The quantitative estimate of drug-likeness (QED) is 0.323. The van der Waals surface area contributed by atoms with Gasteiger partial charge in [0.1, 0.15) is 11.5 Å². The molecule has 1 atom stereocenters. The average Bonchev–Trinajstić information content (AvgIpc) is 3.17. The normalized spacial score (nSPS) is 21.5. The zero-order valence-electron chi connectivity index (χ0n) is 18.1. The second-order valence-electron chi connectivity index (χ2n) is 7.68. The van der Waals surface area contributed by atoms with Crippen LogP contribution in [-0.4, -0.2) is 62.0 Å². The van der Waals surface area contributed by atoms with E-state index in [1.807, 2.05) is 0 Å². The lowest BCUT2D eigenvalue weighted by Gasteiger charge is -2.34. The van der Waals surface area contributed by atoms with Crippen molar-refractivity contribution in [2.24, 2.45) is 0 Å². The van der Waals surface area contributed by atoms with Gasteiger partial charge in [0.05, 0.1) is 12.7 Å². The highest BCUT2D eigenvalue weighted by Gasteiger charge is 2.66. The van der Waals surface area contributed by atoms with Crippen molar-refractivity contribution < 1.29 is 29.0 Å². The summed E-state index contributed by atoms with van der Waals surface area (Å²) < 4.78 is 10.3. The Morgan fingerprint density at radius 2 is 1.72 bits per heavy atom. The van der Waals surface area contributed by atoms with Crippen LogP contribution in [0.4, 0.5) is 5.69 Å². The smallest absolute Gasteiger partial charge is 0.296 e. The van der Waals surface area contributed by atoms with Gasteiger partial charge in [0, 0.05) is 44.1 Å². The highest BCUT2D eigenvalue weighted by molar-refractivity contribution is 6.50. The summed E-state index contributed by atoms with van der Waals surface area (Å²) in [7, 11) is 4.65. The van der Waals surface area contributed by atoms with E-state index >= 15 is 0 Å². The molecule has 2 heterocycles. The van der Waals surface area contributed by atoms with Crippen LogP contribution >= 0.6 is 0 Å². The minimum absolute atomic E-state index is 0.117. The topological polar surface area (TPSA) is 96.4 Å². The first kappa shape index (κ1) is 21.6. The van der Waals surface area contributed by atoms with Crippen molar-refractivity contribution >= 4 is 29.0 Å². The monoisotopic (exact) mass is 436 g/mol. The Labute approximate surface area is 185 Å². The van der Waals surface area contributed by atoms with E-state index in [0.717, 1.165) is 0 Å². The van der Waals surface area contributed by atoms with Crippen molar-refractivity contribution in [2.75, 3.05) is 39.3 Å². The van der Waals surface area contributed by atoms with Gasteiger partial charge in [0.15, 0.2) is 5.54 Å². The molecule has 1 fully saturated rings. The molecule has 0 saturated carbocycles. The number of ketones is 1. The number of likely N-dealkylation sites (tertiary alicyclic amines) is 1. The fourth-order valence-electron chi connectivity index (χ4n) is 4.53. The van der Waals surface area contributed by atoms with Crippen molar-refractivity contribution in [3.05, 3.63) is 65.2 Å². The summed E-state index contributed by atoms with van der Waals surface area (Å²) in [6.45, 7) is 0.467. The molecule has 8 heteroatoms. The number of fused-ring (bicyclic) bond motifs is 2. The molecule has 1 saturated heterocycles. The highest BCUT2D eigenvalue weighted by atomic mass is 16.5. The van der Waals surface area contributed by atoms with Crippen LogP contribution in [0.3, 0.4) is 0 Å². The maximum absolute atomic E-state index is 13.8. The Kier molecular flexibility index (Phi) is 5.48. The zero-order chi connectivity index (χ0) is 23.0. The van der Waals surface area contributed by atoms with Crippen LogP contribution < -0.4 is 9.64 Å². The fourth-order valence-corrected chi connectivity index (χ4v) is 4.53. The number of benzene rings is 2. The van der Waals surface area contributed by atoms with E-state index in [9.17, 15) is 19.5 Å². The first-order valence-electron chi connectivity index (χ1n) is 10.2. The lowest BCUT2D eigenvalue weighted by atomic mass is 9.82. The lowest BCUT2D eigenvalue weighted by Crippen LogP contribution is -2.51. The molecule has 4 rings (SSSR count). The van der Waals surface area contributed by atoms with E-state index in [-0.39, 0.29) is 12.1 Å². The van der Waals surface area contributed by atoms with Gasteiger partial charge in [-0.15, -0.1) is 0 Å². The number of carbonyl (C=O) groups excluding carboxylic acids is 3. The van der Waals surface area contributed by atoms with Crippen molar-refractivity contribution in [1.29, 1.82) is 0 Å². The second kappa shape index (κ2) is 8.12. The number of likely N-dealkylation sites (N-methyl/N-ethyl adjacent to an activating group) is 1. The van der Waals surface area contributed by atoms with Crippen molar-refractivity contribution in [1.82, 2.24) is 4.90 Å². The number of hydrogen-bond donors (Lipinski definition) is 1. The summed E-state index contributed by atoms with van der Waals surface area (Å²) >= 11 is 0. The third kappa shape index (κ3) is 2.90. The average molecular weight is 436 g/mol. The first-order valence-corrected chi connectivity index (χ1v) is 10.2. The molecule has 0 aromatic heterocycles. The van der Waals surface area contributed by atoms with Crippen LogP contribution in [0.2, 0.25) is 0 Å². The van der Waals surface area contributed by atoms with Crippen molar-refractivity contribution in [3.63, 3.8) is 0 Å². The van der Waals surface area contributed by atoms with E-state index in [4.69, 9.17) is 9.47 Å². The number of para-hydroxylation sites is 1. The number of anilines is 1. The van der Waals surface area contributed by atoms with Gasteiger partial charge in [-0.05, 0) is 36.8 Å². The number of Topliss-reactive ketones (excluding diaryl/α,β-unsaturated/α-hetero) is 1. The third-order valence-corrected chi connectivity index (χ3v) is 6.03. The summed E-state index contributed by atoms with van der Waals surface area (Å²) in [6, 6.07) is 13.4. The number of ether oxygens (including phenoxy) is 2. The van der Waals surface area contributed by atoms with Gasteiger partial charge in [-0.2, -0.15) is 0 Å². The summed E-state index contributed by atoms with van der Waals surface area (Å²) in [5, 5.41) is 11.3. The maximum atomic E-state index is 13.8. The minimum Gasteiger partial charge on any atom is -0.507 e. The predicted molar refractivity (Wildman–Crippen MR) is 117 cm³/mol. The molecule has 2 aromatic rings. The predicted octanol–water partition coefficient (Wildman–Crippen LogP) is 2.28. The highest BCUT2D eigenvalue weighted by Crippen LogP contribution is 2.53. The van der Waals surface area contributed by atoms with E-state index < -0.39 is 28.9 Å². The van der Waals surface area contributed by atoms with Crippen LogP contribution in [-0.2, 0) is 24.7 Å². The Morgan fingerprint density at radius 1 is 1.03 bits per heavy atom. The van der Waals surface area contributed by atoms with Crippen LogP contribution in [0.1, 0.15) is 17.5 Å². The van der Waals surface area contributed by atoms with Gasteiger partial charge in [0.2, 0.25) is 0 Å². The van der Waals surface area contributed by atoms with Gasteiger partial charge in [0.25, 0.3) is 17.6 Å². The molecule has 2 aliphatic heterocycles. The molecule has 2 aliphatic rings. The Balaban J connectivity index is 1.99. The minimum atomic E-state index is -1.74. The summed E-state index contributed by atoms with van der Waals surface area (Å²) in [5.41, 5.74) is -0.597. The van der Waals surface area contributed by atoms with Crippen molar-refractivity contribution in [3.8, 4) is 5.75 Å². The summed E-state index contributed by atoms with van der Waals surface area (Å²) in [4.78, 5) is 42.9. The van der Waals surface area contributed by atoms with E-state index in [1.54, 1.807) is 55.6 Å². The number of nitrogens with zero attached hydrogens (tertiary/aromatic N) is 2. The van der Waals surface area contributed by atoms with Gasteiger partial charge in [-0.3, -0.25) is 14.4 Å². The number of hydrogen-bond acceptors (Lipinski definition) is 6. The zero-order valence-corrected chi connectivity index (χ0v) is 18.1. The molecule has 1 spiro atoms. The molecule has 0 bridgehead atoms. The molecule has 2 aromatic carbocycles. The second-order valence-corrected chi connectivity index (χ2v) is 7.68. The molecule has 8 nitrogen and oxygen atoms in total. The van der Waals surface area contributed by atoms with Crippen LogP contribution in [0.15, 0.2) is 54.1 Å². The molecule has 0 aliphatic carbocycles. The number of aliphatic hydroxyl groups excluding tert-OH is 1. The Bertz CT molecular complexity index is 1120. The van der Waals surface area contributed by atoms with Crippen LogP contribution in [0.5, 0.6) is 5.75 Å². The number of aliphatic hydroxyl groups is 1. The Morgan fingerprint density at radius 3 is 2.38 bits per heavy atom. The van der Waals surface area contributed by atoms with E-state index in [2.05, 4.69) is 0 Å². The van der Waals surface area contributed by atoms with Crippen LogP contribution in [0.25, 0.3) is 5.76 Å². The molecule has 1 N–H and O–H groups in total. The summed E-state index contributed by atoms with van der Waals surface area (Å²) in [6.07, 6.45) is 0.424. The number of rotatable bonds is 6. The number of amides is 2. The first-order chi connectivity index (χ1) is 15.4. The van der Waals surface area contributed by atoms with Gasteiger partial charge < -0.3 is 24.4 Å². The standard InChI is InChI=1S/C24H24N2O6/c1-25-18-8-5-4-7-17(18)24(23(25)30)19(20(27)15-9-11-16(32-3)12-10-15)21(28)22(29)26(24)13-6-14-31-2/h4-5,7-12,27H,6,13-14H2,1-3H3. The Hall–Kier alpha value is -3.65. The van der Waals surface area contributed by atoms with E-state index in [1.165, 1.54) is 24.0 Å². The van der Waals surface area contributed by atoms with Crippen molar-refractivity contribution in [2.45, 2.75) is 12.0 Å². The SMILES string of the molecule is COCCCN1C(=O)C(=O)C(=C(O)c2ccc(OC)cc2)C12C(=O)N(C)c1ccccc12. The third-order valence-electron chi connectivity index (χ3n) is 6.03. The number of carbonyl (C=O) groups is 3.